The third-order valence-corrected chi connectivity index (χ3v) is 5.15. The van der Waals surface area contributed by atoms with E-state index in [1.165, 1.54) is 10.8 Å². The van der Waals surface area contributed by atoms with E-state index in [-0.39, 0.29) is 0 Å². The van der Waals surface area contributed by atoms with E-state index in [4.69, 9.17) is 4.42 Å². The average Bonchev–Trinajstić information content (AvgIpc) is 3.12. The minimum Gasteiger partial charge on any atom is -0.423 e. The van der Waals surface area contributed by atoms with Crippen molar-refractivity contribution in [3.63, 3.8) is 0 Å². The van der Waals surface area contributed by atoms with Gasteiger partial charge in [0.05, 0.1) is 11.0 Å². The number of halogens is 2. The van der Waals surface area contributed by atoms with E-state index in [1.807, 2.05) is 24.3 Å². The fraction of sp³-hybridized carbons (Fsp3) is 0. The molecule has 0 saturated heterocycles. The van der Waals surface area contributed by atoms with Crippen LogP contribution in [-0.4, -0.2) is 9.55 Å². The molecule has 24 heavy (non-hydrogen) atoms. The van der Waals surface area contributed by atoms with Gasteiger partial charge in [0.25, 0.3) is 0 Å². The molecule has 0 amide bonds. The Morgan fingerprint density at radius 1 is 0.792 bits per heavy atom. The van der Waals surface area contributed by atoms with Crippen molar-refractivity contribution in [1.82, 2.24) is 9.55 Å². The quantitative estimate of drug-likeness (QED) is 0.299. The largest absolute Gasteiger partial charge is 0.423 e. The molecule has 0 aliphatic carbocycles. The maximum atomic E-state index is 6.03. The lowest BCUT2D eigenvalue weighted by atomic mass is 10.2. The maximum Gasteiger partial charge on any atom is 0.307 e. The number of oxazole rings is 1. The topological polar surface area (TPSA) is 31.0 Å². The predicted molar refractivity (Wildman–Crippen MR) is 104 cm³/mol. The molecule has 5 rings (SSSR count). The molecule has 0 fully saturated rings. The zero-order valence-corrected chi connectivity index (χ0v) is 15.5. The number of hydrogen-bond donors (Lipinski definition) is 0. The van der Waals surface area contributed by atoms with Crippen molar-refractivity contribution in [3.8, 4) is 6.01 Å². The fourth-order valence-electron chi connectivity index (χ4n) is 3.13. The summed E-state index contributed by atoms with van der Waals surface area (Å²) in [4.78, 5) is 4.68. The van der Waals surface area contributed by atoms with E-state index in [9.17, 15) is 0 Å². The number of para-hydroxylation sites is 2. The normalized spacial score (nSPS) is 11.8. The first-order valence-corrected chi connectivity index (χ1v) is 9.04. The zero-order valence-electron chi connectivity index (χ0n) is 12.3. The molecule has 2 aromatic heterocycles. The van der Waals surface area contributed by atoms with Crippen molar-refractivity contribution in [3.05, 3.63) is 69.6 Å². The molecule has 0 atom stereocenters. The maximum absolute atomic E-state index is 6.03. The van der Waals surface area contributed by atoms with Crippen LogP contribution in [0.2, 0.25) is 0 Å². The van der Waals surface area contributed by atoms with Gasteiger partial charge < -0.3 is 4.42 Å². The van der Waals surface area contributed by atoms with Crippen molar-refractivity contribution in [2.45, 2.75) is 0 Å². The number of fused-ring (bicyclic) bond motifs is 4. The summed E-state index contributed by atoms with van der Waals surface area (Å²) < 4.78 is 10.1. The highest BCUT2D eigenvalue weighted by Gasteiger charge is 2.17. The van der Waals surface area contributed by atoms with Gasteiger partial charge in [0.15, 0.2) is 5.58 Å². The van der Waals surface area contributed by atoms with E-state index in [0.717, 1.165) is 31.1 Å². The Morgan fingerprint density at radius 2 is 1.42 bits per heavy atom. The van der Waals surface area contributed by atoms with Gasteiger partial charge in [-0.2, -0.15) is 4.98 Å². The van der Waals surface area contributed by atoms with Crippen LogP contribution in [-0.2, 0) is 0 Å². The lowest BCUT2D eigenvalue weighted by molar-refractivity contribution is 0.574. The Balaban J connectivity index is 1.97. The van der Waals surface area contributed by atoms with Crippen LogP contribution in [0.4, 0.5) is 0 Å². The van der Waals surface area contributed by atoms with Crippen LogP contribution in [0, 0.1) is 0 Å². The SMILES string of the molecule is Brc1ccc2c3ccc(Br)cc3n(-c3nc4ccccc4o3)c2c1. The monoisotopic (exact) mass is 440 g/mol. The second-order valence-electron chi connectivity index (χ2n) is 5.62. The lowest BCUT2D eigenvalue weighted by Crippen LogP contribution is -1.93. The summed E-state index contributed by atoms with van der Waals surface area (Å²) in [5, 5.41) is 2.34. The molecular formula is C19H10Br2N2O. The number of nitrogens with zero attached hydrogens (tertiary/aromatic N) is 2. The smallest absolute Gasteiger partial charge is 0.307 e. The van der Waals surface area contributed by atoms with Crippen molar-refractivity contribution in [2.75, 3.05) is 0 Å². The van der Waals surface area contributed by atoms with Gasteiger partial charge in [-0.3, -0.25) is 4.57 Å². The van der Waals surface area contributed by atoms with Crippen LogP contribution in [0.3, 0.4) is 0 Å². The minimum atomic E-state index is 0.576. The molecule has 0 radical (unpaired) electrons. The van der Waals surface area contributed by atoms with E-state index in [2.05, 4.69) is 77.8 Å². The molecule has 3 aromatic carbocycles. The van der Waals surface area contributed by atoms with Crippen LogP contribution in [0.1, 0.15) is 0 Å². The Morgan fingerprint density at radius 3 is 2.04 bits per heavy atom. The third kappa shape index (κ3) is 2.05. The minimum absolute atomic E-state index is 0.576. The lowest BCUT2D eigenvalue weighted by Gasteiger charge is -2.02. The summed E-state index contributed by atoms with van der Waals surface area (Å²) >= 11 is 7.14. The van der Waals surface area contributed by atoms with Crippen molar-refractivity contribution < 1.29 is 4.42 Å². The Labute approximate surface area is 154 Å². The predicted octanol–water partition coefficient (Wildman–Crippen LogP) is 6.45. The standard InChI is InChI=1S/C19H10Br2N2O/c20-11-5-7-13-14-8-6-12(21)10-17(14)23(16(13)9-11)19-22-15-3-1-2-4-18(15)24-19/h1-10H. The van der Waals surface area contributed by atoms with Crippen molar-refractivity contribution in [1.29, 1.82) is 0 Å². The van der Waals surface area contributed by atoms with Gasteiger partial charge in [0.2, 0.25) is 0 Å². The number of rotatable bonds is 1. The molecule has 116 valence electrons. The first-order valence-electron chi connectivity index (χ1n) is 7.46. The first kappa shape index (κ1) is 14.3. The van der Waals surface area contributed by atoms with Gasteiger partial charge >= 0.3 is 6.01 Å². The molecule has 0 unspecified atom stereocenters. The molecule has 0 N–H and O–H groups in total. The van der Waals surface area contributed by atoms with E-state index < -0.39 is 0 Å². The van der Waals surface area contributed by atoms with Crippen molar-refractivity contribution >= 4 is 64.8 Å². The summed E-state index contributed by atoms with van der Waals surface area (Å²) in [6.07, 6.45) is 0. The fourth-order valence-corrected chi connectivity index (χ4v) is 3.82. The molecular weight excluding hydrogens is 432 g/mol. The van der Waals surface area contributed by atoms with E-state index >= 15 is 0 Å². The van der Waals surface area contributed by atoms with E-state index in [0.29, 0.717) is 6.01 Å². The molecule has 5 heteroatoms. The second-order valence-corrected chi connectivity index (χ2v) is 7.45. The second kappa shape index (κ2) is 5.19. The highest BCUT2D eigenvalue weighted by atomic mass is 79.9. The van der Waals surface area contributed by atoms with Gasteiger partial charge in [0, 0.05) is 19.7 Å². The summed E-state index contributed by atoms with van der Waals surface area (Å²) in [7, 11) is 0. The van der Waals surface area contributed by atoms with E-state index in [1.54, 1.807) is 0 Å². The number of benzene rings is 3. The first-order chi connectivity index (χ1) is 11.7. The molecule has 3 nitrogen and oxygen atoms in total. The molecule has 0 aliphatic heterocycles. The molecule has 0 bridgehead atoms. The highest BCUT2D eigenvalue weighted by molar-refractivity contribution is 9.10. The molecule has 0 aliphatic rings. The zero-order chi connectivity index (χ0) is 16.3. The van der Waals surface area contributed by atoms with Crippen LogP contribution in [0.25, 0.3) is 38.9 Å². The van der Waals surface area contributed by atoms with Gasteiger partial charge in [0.1, 0.15) is 5.52 Å². The van der Waals surface area contributed by atoms with Crippen LogP contribution >= 0.6 is 31.9 Å². The van der Waals surface area contributed by atoms with Gasteiger partial charge in [-0.05, 0) is 36.4 Å². The third-order valence-electron chi connectivity index (χ3n) is 4.17. The summed E-state index contributed by atoms with van der Waals surface area (Å²) in [6, 6.07) is 20.9. The van der Waals surface area contributed by atoms with Crippen LogP contribution in [0.5, 0.6) is 0 Å². The molecule has 2 heterocycles. The molecule has 5 aromatic rings. The average molecular weight is 442 g/mol. The van der Waals surface area contributed by atoms with Gasteiger partial charge in [-0.1, -0.05) is 56.1 Å². The summed E-state index contributed by atoms with van der Waals surface area (Å²) in [6.45, 7) is 0. The number of aromatic nitrogens is 2. The van der Waals surface area contributed by atoms with Gasteiger partial charge in [-0.25, -0.2) is 0 Å². The van der Waals surface area contributed by atoms with Crippen LogP contribution in [0.15, 0.2) is 74.0 Å². The van der Waals surface area contributed by atoms with Crippen molar-refractivity contribution in [2.24, 2.45) is 0 Å². The Hall–Kier alpha value is -2.11. The van der Waals surface area contributed by atoms with Crippen LogP contribution < -0.4 is 0 Å². The van der Waals surface area contributed by atoms with Gasteiger partial charge in [-0.15, -0.1) is 0 Å². The Kier molecular flexibility index (Phi) is 3.08. The summed E-state index contributed by atoms with van der Waals surface area (Å²) in [5.41, 5.74) is 3.76. The molecule has 0 spiro atoms. The Bertz CT molecular complexity index is 1140. The highest BCUT2D eigenvalue weighted by Crippen LogP contribution is 2.35. The number of hydrogen-bond acceptors (Lipinski definition) is 2. The molecule has 0 saturated carbocycles. The summed E-state index contributed by atoms with van der Waals surface area (Å²) in [5.74, 6) is 0.